The van der Waals surface area contributed by atoms with Crippen LogP contribution < -0.4 is 5.73 Å². The zero-order valence-corrected chi connectivity index (χ0v) is 7.66. The summed E-state index contributed by atoms with van der Waals surface area (Å²) in [5.41, 5.74) is 5.30. The number of hydrogen-bond acceptors (Lipinski definition) is 2. The van der Waals surface area contributed by atoms with Crippen molar-refractivity contribution in [2.24, 2.45) is 11.7 Å². The first-order valence-electron chi connectivity index (χ1n) is 3.70. The zero-order chi connectivity index (χ0) is 7.82. The standard InChI is InChI=1S/C8H17NS/c1-8(2)5-3-4-6-10-7-9/h3-4,8H,5-7,9H2,1-2H3. The molecule has 0 aliphatic heterocycles. The second-order valence-electron chi connectivity index (χ2n) is 2.64. The molecule has 0 unspecified atom stereocenters. The molecule has 0 bridgehead atoms. The maximum Gasteiger partial charge on any atom is 0.0395 e. The van der Waals surface area contributed by atoms with Crippen molar-refractivity contribution < 1.29 is 0 Å². The van der Waals surface area contributed by atoms with Crippen LogP contribution in [0.25, 0.3) is 0 Å². The summed E-state index contributed by atoms with van der Waals surface area (Å²) in [5.74, 6) is 2.56. The average Bonchev–Trinajstić information content (AvgIpc) is 1.87. The van der Waals surface area contributed by atoms with Gasteiger partial charge in [0, 0.05) is 11.6 Å². The summed E-state index contributed by atoms with van der Waals surface area (Å²) in [5, 5.41) is 0. The van der Waals surface area contributed by atoms with Gasteiger partial charge in [0.2, 0.25) is 0 Å². The van der Waals surface area contributed by atoms with E-state index >= 15 is 0 Å². The number of nitrogens with two attached hydrogens (primary N) is 1. The summed E-state index contributed by atoms with van der Waals surface area (Å²) >= 11 is 1.75. The Labute approximate surface area is 68.1 Å². The highest BCUT2D eigenvalue weighted by Crippen LogP contribution is 2.01. The van der Waals surface area contributed by atoms with E-state index in [1.54, 1.807) is 11.8 Å². The highest BCUT2D eigenvalue weighted by molar-refractivity contribution is 7.99. The van der Waals surface area contributed by atoms with Crippen molar-refractivity contribution in [3.05, 3.63) is 12.2 Å². The molecule has 0 aromatic carbocycles. The third-order valence-corrected chi connectivity index (χ3v) is 1.77. The number of thioether (sulfide) groups is 1. The highest BCUT2D eigenvalue weighted by Gasteiger charge is 1.86. The largest absolute Gasteiger partial charge is 0.322 e. The third kappa shape index (κ3) is 8.05. The SMILES string of the molecule is CC(C)CC=CCSCN. The molecule has 0 aliphatic carbocycles. The van der Waals surface area contributed by atoms with Crippen LogP contribution in [0.2, 0.25) is 0 Å². The quantitative estimate of drug-likeness (QED) is 0.378. The number of rotatable bonds is 5. The Kier molecular flexibility index (Phi) is 7.20. The second-order valence-corrected chi connectivity index (χ2v) is 3.71. The molecule has 2 N–H and O–H groups in total. The zero-order valence-electron chi connectivity index (χ0n) is 6.84. The van der Waals surface area contributed by atoms with E-state index in [1.807, 2.05) is 0 Å². The summed E-state index contributed by atoms with van der Waals surface area (Å²) in [6.07, 6.45) is 5.61. The Morgan fingerprint density at radius 1 is 1.40 bits per heavy atom. The lowest BCUT2D eigenvalue weighted by Gasteiger charge is -1.95. The smallest absolute Gasteiger partial charge is 0.0395 e. The second kappa shape index (κ2) is 7.16. The lowest BCUT2D eigenvalue weighted by molar-refractivity contribution is 0.663. The third-order valence-electron chi connectivity index (χ3n) is 1.11. The summed E-state index contributed by atoms with van der Waals surface area (Å²) in [6.45, 7) is 4.45. The highest BCUT2D eigenvalue weighted by atomic mass is 32.2. The topological polar surface area (TPSA) is 26.0 Å². The van der Waals surface area contributed by atoms with Crippen molar-refractivity contribution in [3.63, 3.8) is 0 Å². The van der Waals surface area contributed by atoms with E-state index in [4.69, 9.17) is 5.73 Å². The fourth-order valence-electron chi connectivity index (χ4n) is 0.573. The van der Waals surface area contributed by atoms with Gasteiger partial charge in [0.15, 0.2) is 0 Å². The van der Waals surface area contributed by atoms with Crippen molar-refractivity contribution in [3.8, 4) is 0 Å². The summed E-state index contributed by atoms with van der Waals surface area (Å²) < 4.78 is 0. The van der Waals surface area contributed by atoms with E-state index in [0.29, 0.717) is 0 Å². The molecule has 0 fully saturated rings. The predicted octanol–water partition coefficient (Wildman–Crippen LogP) is 2.24. The molecule has 0 rings (SSSR count). The first-order chi connectivity index (χ1) is 4.77. The van der Waals surface area contributed by atoms with Gasteiger partial charge in [-0.2, -0.15) is 0 Å². The number of hydrogen-bond donors (Lipinski definition) is 1. The molecule has 0 amide bonds. The molecule has 2 heteroatoms. The van der Waals surface area contributed by atoms with Crippen molar-refractivity contribution in [1.82, 2.24) is 0 Å². The van der Waals surface area contributed by atoms with Gasteiger partial charge in [-0.3, -0.25) is 0 Å². The van der Waals surface area contributed by atoms with Crippen LogP contribution in [0.4, 0.5) is 0 Å². The molecule has 0 spiro atoms. The van der Waals surface area contributed by atoms with Crippen LogP contribution >= 0.6 is 11.8 Å². The number of allylic oxidation sites excluding steroid dienone is 1. The fourth-order valence-corrected chi connectivity index (χ4v) is 0.981. The van der Waals surface area contributed by atoms with Gasteiger partial charge in [-0.15, -0.1) is 11.8 Å². The molecule has 0 heterocycles. The van der Waals surface area contributed by atoms with Gasteiger partial charge < -0.3 is 5.73 Å². The van der Waals surface area contributed by atoms with E-state index in [0.717, 1.165) is 17.5 Å². The maximum absolute atomic E-state index is 5.30. The maximum atomic E-state index is 5.30. The average molecular weight is 159 g/mol. The molecule has 0 atom stereocenters. The molecule has 60 valence electrons. The van der Waals surface area contributed by atoms with E-state index in [2.05, 4.69) is 26.0 Å². The van der Waals surface area contributed by atoms with E-state index in [1.165, 1.54) is 6.42 Å². The van der Waals surface area contributed by atoms with Crippen LogP contribution in [0.1, 0.15) is 20.3 Å². The molecule has 0 aromatic heterocycles. The Morgan fingerprint density at radius 3 is 2.60 bits per heavy atom. The first kappa shape index (κ1) is 10.0. The predicted molar refractivity (Wildman–Crippen MR) is 50.1 cm³/mol. The molecular weight excluding hydrogens is 142 g/mol. The van der Waals surface area contributed by atoms with E-state index < -0.39 is 0 Å². The van der Waals surface area contributed by atoms with Crippen molar-refractivity contribution >= 4 is 11.8 Å². The monoisotopic (exact) mass is 159 g/mol. The molecule has 1 nitrogen and oxygen atoms in total. The van der Waals surface area contributed by atoms with Crippen molar-refractivity contribution in [2.75, 3.05) is 11.6 Å². The molecule has 0 radical (unpaired) electrons. The van der Waals surface area contributed by atoms with E-state index in [-0.39, 0.29) is 0 Å². The lowest BCUT2D eigenvalue weighted by atomic mass is 10.1. The minimum absolute atomic E-state index is 0.728. The minimum Gasteiger partial charge on any atom is -0.322 e. The van der Waals surface area contributed by atoms with Gasteiger partial charge in [-0.25, -0.2) is 0 Å². The summed E-state index contributed by atoms with van der Waals surface area (Å²) in [6, 6.07) is 0. The van der Waals surface area contributed by atoms with Gasteiger partial charge in [0.05, 0.1) is 0 Å². The molecule has 10 heavy (non-hydrogen) atoms. The Hall–Kier alpha value is 0.0500. The summed E-state index contributed by atoms with van der Waals surface area (Å²) in [7, 11) is 0. The van der Waals surface area contributed by atoms with Crippen LogP contribution in [-0.2, 0) is 0 Å². The lowest BCUT2D eigenvalue weighted by Crippen LogP contribution is -1.92. The van der Waals surface area contributed by atoms with Gasteiger partial charge in [-0.1, -0.05) is 26.0 Å². The van der Waals surface area contributed by atoms with Gasteiger partial charge >= 0.3 is 0 Å². The summed E-state index contributed by atoms with van der Waals surface area (Å²) in [4.78, 5) is 0. The molecule has 0 saturated carbocycles. The van der Waals surface area contributed by atoms with E-state index in [9.17, 15) is 0 Å². The Bertz CT molecular complexity index is 89.3. The normalized spacial score (nSPS) is 11.6. The van der Waals surface area contributed by atoms with Gasteiger partial charge in [0.25, 0.3) is 0 Å². The van der Waals surface area contributed by atoms with Gasteiger partial charge in [-0.05, 0) is 12.3 Å². The fraction of sp³-hybridized carbons (Fsp3) is 0.750. The van der Waals surface area contributed by atoms with Crippen LogP contribution in [-0.4, -0.2) is 11.6 Å². The van der Waals surface area contributed by atoms with Crippen LogP contribution in [0, 0.1) is 5.92 Å². The van der Waals surface area contributed by atoms with Crippen molar-refractivity contribution in [1.29, 1.82) is 0 Å². The molecule has 0 saturated heterocycles. The Morgan fingerprint density at radius 2 is 2.10 bits per heavy atom. The van der Waals surface area contributed by atoms with Crippen LogP contribution in [0.5, 0.6) is 0 Å². The molecule has 0 aromatic rings. The van der Waals surface area contributed by atoms with Crippen LogP contribution in [0.3, 0.4) is 0 Å². The molecule has 0 aliphatic rings. The Balaban J connectivity index is 3.04. The van der Waals surface area contributed by atoms with Crippen LogP contribution in [0.15, 0.2) is 12.2 Å². The van der Waals surface area contributed by atoms with Gasteiger partial charge in [0.1, 0.15) is 0 Å². The molecular formula is C8H17NS. The first-order valence-corrected chi connectivity index (χ1v) is 4.85. The van der Waals surface area contributed by atoms with Crippen molar-refractivity contribution in [2.45, 2.75) is 20.3 Å². The minimum atomic E-state index is 0.728.